The van der Waals surface area contributed by atoms with E-state index in [1.807, 2.05) is 36.5 Å². The number of nitrogens with zero attached hydrogens (tertiary/aromatic N) is 2. The number of oxazole rings is 1. The number of benzene rings is 2. The fourth-order valence-corrected chi connectivity index (χ4v) is 3.09. The monoisotopic (exact) mass is 378 g/mol. The molecule has 0 atom stereocenters. The first-order valence-corrected chi connectivity index (χ1v) is 8.53. The van der Waals surface area contributed by atoms with Gasteiger partial charge in [0, 0.05) is 17.1 Å². The fraction of sp³-hybridized carbons (Fsp3) is 0.143. The van der Waals surface area contributed by atoms with E-state index < -0.39 is 0 Å². The van der Waals surface area contributed by atoms with Crippen molar-refractivity contribution in [3.05, 3.63) is 66.2 Å². The standard InChI is InChI=1S/C21H18N2O5/c1-25-17-10-14(11-18(26-2)20(17)27-3)19(24)15-12-28-21(22-15)23-9-8-13-6-4-5-7-16(13)23/h4-12H,1-3H3. The molecule has 0 aliphatic rings. The van der Waals surface area contributed by atoms with Gasteiger partial charge in [0.15, 0.2) is 17.2 Å². The molecule has 2 heterocycles. The minimum atomic E-state index is -0.314. The maximum absolute atomic E-state index is 12.9. The molecule has 0 unspecified atom stereocenters. The highest BCUT2D eigenvalue weighted by molar-refractivity contribution is 6.08. The molecule has 0 radical (unpaired) electrons. The lowest BCUT2D eigenvalue weighted by Crippen LogP contribution is -2.05. The van der Waals surface area contributed by atoms with E-state index in [0.717, 1.165) is 10.9 Å². The minimum absolute atomic E-state index is 0.182. The second kappa shape index (κ2) is 7.11. The van der Waals surface area contributed by atoms with Crippen molar-refractivity contribution < 1.29 is 23.4 Å². The van der Waals surface area contributed by atoms with Crippen molar-refractivity contribution in [2.24, 2.45) is 0 Å². The summed E-state index contributed by atoms with van der Waals surface area (Å²) >= 11 is 0. The van der Waals surface area contributed by atoms with E-state index in [-0.39, 0.29) is 11.5 Å². The highest BCUT2D eigenvalue weighted by atomic mass is 16.5. The summed E-state index contributed by atoms with van der Waals surface area (Å²) in [6.07, 6.45) is 3.19. The molecule has 0 spiro atoms. The molecule has 7 heteroatoms. The largest absolute Gasteiger partial charge is 0.493 e. The molecule has 0 fully saturated rings. The SMILES string of the molecule is COc1cc(C(=O)c2coc(-n3ccc4ccccc43)n2)cc(OC)c1OC. The molecule has 2 aromatic heterocycles. The highest BCUT2D eigenvalue weighted by Crippen LogP contribution is 2.38. The number of ether oxygens (including phenoxy) is 3. The Labute approximate surface area is 161 Å². The van der Waals surface area contributed by atoms with Gasteiger partial charge in [-0.05, 0) is 24.3 Å². The molecule has 0 saturated heterocycles. The van der Waals surface area contributed by atoms with E-state index in [0.29, 0.717) is 28.8 Å². The second-order valence-corrected chi connectivity index (χ2v) is 6.00. The number of fused-ring (bicyclic) bond motifs is 1. The van der Waals surface area contributed by atoms with Crippen molar-refractivity contribution >= 4 is 16.7 Å². The van der Waals surface area contributed by atoms with Gasteiger partial charge in [-0.3, -0.25) is 9.36 Å². The Hall–Kier alpha value is -3.74. The molecule has 0 bridgehead atoms. The molecule has 4 aromatic rings. The van der Waals surface area contributed by atoms with Crippen LogP contribution in [0.1, 0.15) is 16.1 Å². The molecule has 0 aliphatic carbocycles. The van der Waals surface area contributed by atoms with Crippen LogP contribution in [0.4, 0.5) is 0 Å². The normalized spacial score (nSPS) is 10.8. The van der Waals surface area contributed by atoms with Crippen LogP contribution in [0.15, 0.2) is 59.3 Å². The van der Waals surface area contributed by atoms with Gasteiger partial charge in [-0.15, -0.1) is 0 Å². The topological polar surface area (TPSA) is 75.7 Å². The Morgan fingerprint density at radius 3 is 2.39 bits per heavy atom. The van der Waals surface area contributed by atoms with E-state index in [9.17, 15) is 4.79 Å². The maximum atomic E-state index is 12.9. The van der Waals surface area contributed by atoms with Crippen LogP contribution in [-0.4, -0.2) is 36.7 Å². The Kier molecular flexibility index (Phi) is 4.49. The first-order valence-electron chi connectivity index (χ1n) is 8.53. The summed E-state index contributed by atoms with van der Waals surface area (Å²) in [7, 11) is 4.50. The summed E-state index contributed by atoms with van der Waals surface area (Å²) in [5.41, 5.74) is 1.48. The summed E-state index contributed by atoms with van der Waals surface area (Å²) in [5, 5.41) is 1.05. The number of aromatic nitrogens is 2. The third-order valence-electron chi connectivity index (χ3n) is 4.46. The van der Waals surface area contributed by atoms with E-state index in [1.54, 1.807) is 16.7 Å². The van der Waals surface area contributed by atoms with E-state index in [1.165, 1.54) is 27.6 Å². The predicted octanol–water partition coefficient (Wildman–Crippen LogP) is 3.88. The molecular formula is C21H18N2O5. The van der Waals surface area contributed by atoms with Crippen LogP contribution < -0.4 is 14.2 Å². The van der Waals surface area contributed by atoms with Crippen LogP contribution in [0.3, 0.4) is 0 Å². The third kappa shape index (κ3) is 2.87. The lowest BCUT2D eigenvalue weighted by molar-refractivity contribution is 0.103. The quantitative estimate of drug-likeness (QED) is 0.474. The van der Waals surface area contributed by atoms with Crippen LogP contribution in [0.25, 0.3) is 16.9 Å². The van der Waals surface area contributed by atoms with Crippen LogP contribution in [0.2, 0.25) is 0 Å². The molecule has 0 aliphatic heterocycles. The lowest BCUT2D eigenvalue weighted by Gasteiger charge is -2.13. The van der Waals surface area contributed by atoms with Gasteiger partial charge in [0.1, 0.15) is 6.26 Å². The fourth-order valence-electron chi connectivity index (χ4n) is 3.09. The number of para-hydroxylation sites is 1. The van der Waals surface area contributed by atoms with Crippen molar-refractivity contribution in [2.75, 3.05) is 21.3 Å². The number of ketones is 1. The maximum Gasteiger partial charge on any atom is 0.306 e. The summed E-state index contributed by atoms with van der Waals surface area (Å²) < 4.78 is 23.3. The van der Waals surface area contributed by atoms with Crippen LogP contribution in [-0.2, 0) is 0 Å². The third-order valence-corrected chi connectivity index (χ3v) is 4.46. The zero-order chi connectivity index (χ0) is 19.7. The van der Waals surface area contributed by atoms with Gasteiger partial charge in [0.05, 0.1) is 26.8 Å². The van der Waals surface area contributed by atoms with Gasteiger partial charge < -0.3 is 18.6 Å². The highest BCUT2D eigenvalue weighted by Gasteiger charge is 2.21. The van der Waals surface area contributed by atoms with E-state index in [4.69, 9.17) is 18.6 Å². The van der Waals surface area contributed by atoms with E-state index in [2.05, 4.69) is 4.98 Å². The Bertz CT molecular complexity index is 1130. The average molecular weight is 378 g/mol. The van der Waals surface area contributed by atoms with Crippen molar-refractivity contribution in [3.63, 3.8) is 0 Å². The summed E-state index contributed by atoms with van der Waals surface area (Å²) in [5.74, 6) is 0.891. The number of hydrogen-bond donors (Lipinski definition) is 0. The van der Waals surface area contributed by atoms with Crippen molar-refractivity contribution in [2.45, 2.75) is 0 Å². The van der Waals surface area contributed by atoms with Crippen LogP contribution >= 0.6 is 0 Å². The molecule has 2 aromatic carbocycles. The second-order valence-electron chi connectivity index (χ2n) is 6.00. The molecular weight excluding hydrogens is 360 g/mol. The van der Waals surface area contributed by atoms with Gasteiger partial charge in [-0.25, -0.2) is 0 Å². The molecule has 142 valence electrons. The van der Waals surface area contributed by atoms with Gasteiger partial charge in [0.25, 0.3) is 0 Å². The van der Waals surface area contributed by atoms with Crippen LogP contribution in [0.5, 0.6) is 17.2 Å². The van der Waals surface area contributed by atoms with Gasteiger partial charge in [0.2, 0.25) is 11.5 Å². The van der Waals surface area contributed by atoms with Crippen molar-refractivity contribution in [3.8, 4) is 23.3 Å². The molecule has 7 nitrogen and oxygen atoms in total. The molecule has 0 saturated carbocycles. The average Bonchev–Trinajstić information content (AvgIpc) is 3.38. The summed E-state index contributed by atoms with van der Waals surface area (Å²) in [4.78, 5) is 17.3. The molecule has 0 N–H and O–H groups in total. The van der Waals surface area contributed by atoms with Gasteiger partial charge >= 0.3 is 6.01 Å². The van der Waals surface area contributed by atoms with Crippen LogP contribution in [0, 0.1) is 0 Å². The first kappa shape index (κ1) is 17.7. The van der Waals surface area contributed by atoms with Gasteiger partial charge in [-0.1, -0.05) is 18.2 Å². The van der Waals surface area contributed by atoms with Gasteiger partial charge in [-0.2, -0.15) is 4.98 Å². The Balaban J connectivity index is 1.72. The zero-order valence-corrected chi connectivity index (χ0v) is 15.6. The van der Waals surface area contributed by atoms with Crippen molar-refractivity contribution in [1.29, 1.82) is 0 Å². The molecule has 28 heavy (non-hydrogen) atoms. The number of carbonyl (C=O) groups is 1. The number of methoxy groups -OCH3 is 3. The molecule has 4 rings (SSSR count). The number of hydrogen-bond acceptors (Lipinski definition) is 6. The Morgan fingerprint density at radius 2 is 1.71 bits per heavy atom. The predicted molar refractivity (Wildman–Crippen MR) is 103 cm³/mol. The summed E-state index contributed by atoms with van der Waals surface area (Å²) in [6.45, 7) is 0. The first-order chi connectivity index (χ1) is 13.7. The summed E-state index contributed by atoms with van der Waals surface area (Å²) in [6, 6.07) is 13.3. The number of carbonyl (C=O) groups excluding carboxylic acids is 1. The Morgan fingerprint density at radius 1 is 1.00 bits per heavy atom. The lowest BCUT2D eigenvalue weighted by atomic mass is 10.1. The molecule has 0 amide bonds. The van der Waals surface area contributed by atoms with E-state index >= 15 is 0 Å². The smallest absolute Gasteiger partial charge is 0.306 e. The zero-order valence-electron chi connectivity index (χ0n) is 15.6. The minimum Gasteiger partial charge on any atom is -0.493 e. The number of rotatable bonds is 6. The van der Waals surface area contributed by atoms with Crippen molar-refractivity contribution in [1.82, 2.24) is 9.55 Å².